The van der Waals surface area contributed by atoms with E-state index < -0.39 is 0 Å². The summed E-state index contributed by atoms with van der Waals surface area (Å²) in [6, 6.07) is 8.31. The first-order chi connectivity index (χ1) is 5.79. The van der Waals surface area contributed by atoms with Gasteiger partial charge in [-0.1, -0.05) is 24.3 Å². The van der Waals surface area contributed by atoms with Gasteiger partial charge in [-0.15, -0.1) is 11.8 Å². The molecule has 0 radical (unpaired) electrons. The van der Waals surface area contributed by atoms with Crippen LogP contribution in [0.4, 0.5) is 0 Å². The molecule has 0 unspecified atom stereocenters. The quantitative estimate of drug-likeness (QED) is 0.477. The Kier molecular flexibility index (Phi) is 3.35. The van der Waals surface area contributed by atoms with E-state index in [0.29, 0.717) is 0 Å². The van der Waals surface area contributed by atoms with Crippen molar-refractivity contribution in [2.24, 2.45) is 4.99 Å². The number of hydrogen-bond acceptors (Lipinski definition) is 2. The Bertz CT molecular complexity index is 292. The average molecular weight is 179 g/mol. The van der Waals surface area contributed by atoms with E-state index in [1.807, 2.05) is 19.2 Å². The smallest absolute Gasteiger partial charge is 0.0973 e. The number of aryl methyl sites for hydroxylation is 1. The van der Waals surface area contributed by atoms with Gasteiger partial charge in [-0.3, -0.25) is 4.99 Å². The van der Waals surface area contributed by atoms with Crippen LogP contribution in [-0.2, 0) is 0 Å². The summed E-state index contributed by atoms with van der Waals surface area (Å²) in [6.45, 7) is 2.11. The first kappa shape index (κ1) is 9.33. The van der Waals surface area contributed by atoms with Gasteiger partial charge in [0.2, 0.25) is 0 Å². The lowest BCUT2D eigenvalue weighted by Crippen LogP contribution is -1.96. The predicted octanol–water partition coefficient (Wildman–Crippen LogP) is 2.73. The zero-order valence-electron chi connectivity index (χ0n) is 7.66. The highest BCUT2D eigenvalue weighted by molar-refractivity contribution is 8.13. The standard InChI is InChI=1S/C10H13NS/c1-8-6-4-5-7-9(8)10(11-2)12-3/h4-7H,1-3H3. The lowest BCUT2D eigenvalue weighted by Gasteiger charge is -2.04. The molecule has 0 spiro atoms. The molecule has 0 aliphatic rings. The van der Waals surface area contributed by atoms with E-state index in [1.165, 1.54) is 11.1 Å². The van der Waals surface area contributed by atoms with Crippen molar-refractivity contribution in [3.63, 3.8) is 0 Å². The summed E-state index contributed by atoms with van der Waals surface area (Å²) < 4.78 is 0. The molecule has 0 bridgehead atoms. The van der Waals surface area contributed by atoms with Crippen molar-refractivity contribution in [3.8, 4) is 0 Å². The van der Waals surface area contributed by atoms with Crippen LogP contribution in [0.25, 0.3) is 0 Å². The third-order valence-electron chi connectivity index (χ3n) is 1.77. The number of nitrogens with zero attached hydrogens (tertiary/aromatic N) is 1. The zero-order valence-corrected chi connectivity index (χ0v) is 8.48. The Morgan fingerprint density at radius 2 is 2.00 bits per heavy atom. The summed E-state index contributed by atoms with van der Waals surface area (Å²) in [4.78, 5) is 4.22. The first-order valence-corrected chi connectivity index (χ1v) is 5.09. The number of rotatable bonds is 1. The number of hydrogen-bond donors (Lipinski definition) is 0. The Morgan fingerprint density at radius 1 is 1.33 bits per heavy atom. The molecular formula is C10H13NS. The van der Waals surface area contributed by atoms with Crippen molar-refractivity contribution in [3.05, 3.63) is 35.4 Å². The van der Waals surface area contributed by atoms with Crippen molar-refractivity contribution in [2.45, 2.75) is 6.92 Å². The van der Waals surface area contributed by atoms with E-state index in [1.54, 1.807) is 11.8 Å². The lowest BCUT2D eigenvalue weighted by atomic mass is 10.1. The Morgan fingerprint density at radius 3 is 2.50 bits per heavy atom. The average Bonchev–Trinajstić information content (AvgIpc) is 2.10. The number of aliphatic imine (C=N–C) groups is 1. The summed E-state index contributed by atoms with van der Waals surface area (Å²) in [6.07, 6.45) is 2.05. The van der Waals surface area contributed by atoms with Crippen LogP contribution in [0.5, 0.6) is 0 Å². The third kappa shape index (κ3) is 1.89. The molecule has 64 valence electrons. The van der Waals surface area contributed by atoms with E-state index in [4.69, 9.17) is 0 Å². The van der Waals surface area contributed by atoms with Crippen molar-refractivity contribution in [1.29, 1.82) is 0 Å². The Hall–Kier alpha value is -0.760. The van der Waals surface area contributed by atoms with Crippen LogP contribution in [0.3, 0.4) is 0 Å². The minimum absolute atomic E-state index is 1.10. The fourth-order valence-corrected chi connectivity index (χ4v) is 1.77. The lowest BCUT2D eigenvalue weighted by molar-refractivity contribution is 1.41. The molecule has 0 saturated heterocycles. The summed E-state index contributed by atoms with van der Waals surface area (Å²) in [5, 5.41) is 1.10. The van der Waals surface area contributed by atoms with E-state index in [2.05, 4.69) is 30.3 Å². The molecule has 0 atom stereocenters. The number of benzene rings is 1. The van der Waals surface area contributed by atoms with Crippen LogP contribution in [0.15, 0.2) is 29.3 Å². The maximum Gasteiger partial charge on any atom is 0.0973 e. The molecule has 0 aromatic heterocycles. The molecule has 1 rings (SSSR count). The van der Waals surface area contributed by atoms with Crippen LogP contribution >= 0.6 is 11.8 Å². The second kappa shape index (κ2) is 4.31. The minimum atomic E-state index is 1.10. The van der Waals surface area contributed by atoms with Gasteiger partial charge in [0, 0.05) is 12.6 Å². The molecule has 0 heterocycles. The monoisotopic (exact) mass is 179 g/mol. The van der Waals surface area contributed by atoms with Gasteiger partial charge in [0.05, 0.1) is 5.04 Å². The summed E-state index contributed by atoms with van der Waals surface area (Å²) >= 11 is 1.69. The fraction of sp³-hybridized carbons (Fsp3) is 0.300. The third-order valence-corrected chi connectivity index (χ3v) is 2.56. The molecule has 0 N–H and O–H groups in total. The molecule has 1 aromatic rings. The topological polar surface area (TPSA) is 12.4 Å². The van der Waals surface area contributed by atoms with Crippen molar-refractivity contribution in [2.75, 3.05) is 13.3 Å². The van der Waals surface area contributed by atoms with Gasteiger partial charge in [-0.25, -0.2) is 0 Å². The molecule has 0 aliphatic heterocycles. The van der Waals surface area contributed by atoms with Crippen LogP contribution in [-0.4, -0.2) is 18.3 Å². The van der Waals surface area contributed by atoms with Crippen LogP contribution in [0.1, 0.15) is 11.1 Å². The molecule has 1 aromatic carbocycles. The highest BCUT2D eigenvalue weighted by Crippen LogP contribution is 2.14. The van der Waals surface area contributed by atoms with Crippen LogP contribution < -0.4 is 0 Å². The molecule has 0 fully saturated rings. The molecule has 0 aliphatic carbocycles. The Labute approximate surface area is 77.9 Å². The van der Waals surface area contributed by atoms with Crippen molar-refractivity contribution in [1.82, 2.24) is 0 Å². The van der Waals surface area contributed by atoms with Crippen LogP contribution in [0, 0.1) is 6.92 Å². The molecule has 0 amide bonds. The van der Waals surface area contributed by atoms with Gasteiger partial charge in [0.15, 0.2) is 0 Å². The molecule has 1 nitrogen and oxygen atoms in total. The summed E-state index contributed by atoms with van der Waals surface area (Å²) in [7, 11) is 1.83. The van der Waals surface area contributed by atoms with Gasteiger partial charge >= 0.3 is 0 Å². The van der Waals surface area contributed by atoms with E-state index in [0.717, 1.165) is 5.04 Å². The predicted molar refractivity (Wildman–Crippen MR) is 57.2 cm³/mol. The van der Waals surface area contributed by atoms with Crippen molar-refractivity contribution < 1.29 is 0 Å². The summed E-state index contributed by atoms with van der Waals surface area (Å²) in [5.41, 5.74) is 2.53. The molecule has 12 heavy (non-hydrogen) atoms. The molecular weight excluding hydrogens is 166 g/mol. The second-order valence-electron chi connectivity index (χ2n) is 2.55. The highest BCUT2D eigenvalue weighted by Gasteiger charge is 2.02. The molecule has 0 saturated carbocycles. The minimum Gasteiger partial charge on any atom is -0.281 e. The Balaban J connectivity index is 3.10. The molecule has 2 heteroatoms. The number of thioether (sulfide) groups is 1. The first-order valence-electron chi connectivity index (χ1n) is 3.86. The highest BCUT2D eigenvalue weighted by atomic mass is 32.2. The van der Waals surface area contributed by atoms with Gasteiger partial charge in [-0.05, 0) is 18.7 Å². The van der Waals surface area contributed by atoms with E-state index in [9.17, 15) is 0 Å². The normalized spacial score (nSPS) is 11.8. The second-order valence-corrected chi connectivity index (χ2v) is 3.34. The van der Waals surface area contributed by atoms with Gasteiger partial charge in [-0.2, -0.15) is 0 Å². The zero-order chi connectivity index (χ0) is 8.97. The fourth-order valence-electron chi connectivity index (χ4n) is 1.13. The van der Waals surface area contributed by atoms with E-state index >= 15 is 0 Å². The van der Waals surface area contributed by atoms with Crippen LogP contribution in [0.2, 0.25) is 0 Å². The van der Waals surface area contributed by atoms with Gasteiger partial charge in [0.25, 0.3) is 0 Å². The largest absolute Gasteiger partial charge is 0.281 e. The van der Waals surface area contributed by atoms with Gasteiger partial charge in [0.1, 0.15) is 0 Å². The van der Waals surface area contributed by atoms with E-state index in [-0.39, 0.29) is 0 Å². The maximum atomic E-state index is 4.22. The SMILES string of the molecule is CN=C(SC)c1ccccc1C. The summed E-state index contributed by atoms with van der Waals surface area (Å²) in [5.74, 6) is 0. The maximum absolute atomic E-state index is 4.22. The van der Waals surface area contributed by atoms with Crippen molar-refractivity contribution >= 4 is 16.8 Å². The van der Waals surface area contributed by atoms with Gasteiger partial charge < -0.3 is 0 Å².